The Morgan fingerprint density at radius 2 is 2.00 bits per heavy atom. The summed E-state index contributed by atoms with van der Waals surface area (Å²) < 4.78 is 0. The van der Waals surface area contributed by atoms with E-state index in [4.69, 9.17) is 0 Å². The lowest BCUT2D eigenvalue weighted by atomic mass is 9.90. The molecule has 1 aliphatic rings. The fourth-order valence-corrected chi connectivity index (χ4v) is 2.56. The molecule has 0 radical (unpaired) electrons. The predicted octanol–water partition coefficient (Wildman–Crippen LogP) is 3.85. The summed E-state index contributed by atoms with van der Waals surface area (Å²) in [4.78, 5) is 0. The van der Waals surface area contributed by atoms with Gasteiger partial charge in [0.05, 0.1) is 0 Å². The third-order valence-corrected chi connectivity index (χ3v) is 3.83. The molecule has 1 N–H and O–H groups in total. The Labute approximate surface area is 99.3 Å². The van der Waals surface area contributed by atoms with Crippen LogP contribution in [-0.2, 0) is 0 Å². The number of benzene rings is 1. The summed E-state index contributed by atoms with van der Waals surface area (Å²) >= 11 is 0. The molecule has 0 saturated carbocycles. The first-order chi connectivity index (χ1) is 7.59. The third-order valence-electron chi connectivity index (χ3n) is 3.83. The Morgan fingerprint density at radius 3 is 2.56 bits per heavy atom. The molecule has 1 aromatic carbocycles. The van der Waals surface area contributed by atoms with E-state index in [2.05, 4.69) is 45.1 Å². The number of hydrogen-bond donors (Lipinski definition) is 1. The molecule has 0 bridgehead atoms. The van der Waals surface area contributed by atoms with Gasteiger partial charge >= 0.3 is 0 Å². The van der Waals surface area contributed by atoms with Crippen molar-refractivity contribution in [2.75, 3.05) is 6.54 Å². The Bertz CT molecular complexity index is 373. The van der Waals surface area contributed by atoms with E-state index in [0.29, 0.717) is 12.0 Å². The van der Waals surface area contributed by atoms with Crippen molar-refractivity contribution in [3.8, 4) is 0 Å². The van der Waals surface area contributed by atoms with Crippen LogP contribution in [0.2, 0.25) is 0 Å². The van der Waals surface area contributed by atoms with Crippen LogP contribution in [0, 0.1) is 13.8 Å². The van der Waals surface area contributed by atoms with Crippen LogP contribution in [0.25, 0.3) is 0 Å². The number of hydrogen-bond acceptors (Lipinski definition) is 1. The number of rotatable bonds is 2. The molecule has 0 aromatic heterocycles. The van der Waals surface area contributed by atoms with Crippen LogP contribution in [0.5, 0.6) is 0 Å². The highest BCUT2D eigenvalue weighted by molar-refractivity contribution is 5.40. The van der Waals surface area contributed by atoms with Gasteiger partial charge in [0, 0.05) is 6.04 Å². The summed E-state index contributed by atoms with van der Waals surface area (Å²) in [6, 6.07) is 5.35. The van der Waals surface area contributed by atoms with Crippen molar-refractivity contribution < 1.29 is 0 Å². The van der Waals surface area contributed by atoms with Gasteiger partial charge in [-0.2, -0.15) is 0 Å². The highest BCUT2D eigenvalue weighted by Crippen LogP contribution is 2.30. The van der Waals surface area contributed by atoms with Crippen LogP contribution in [0.1, 0.15) is 60.9 Å². The lowest BCUT2D eigenvalue weighted by molar-refractivity contribution is 0.640. The second-order valence-corrected chi connectivity index (χ2v) is 5.36. The number of aryl methyl sites for hydroxylation is 1. The van der Waals surface area contributed by atoms with E-state index in [1.54, 1.807) is 0 Å². The van der Waals surface area contributed by atoms with Gasteiger partial charge in [-0.25, -0.2) is 0 Å². The van der Waals surface area contributed by atoms with E-state index < -0.39 is 0 Å². The fourth-order valence-electron chi connectivity index (χ4n) is 2.56. The fraction of sp³-hybridized carbons (Fsp3) is 0.600. The molecular weight excluding hydrogens is 194 g/mol. The second-order valence-electron chi connectivity index (χ2n) is 5.36. The molecule has 2 rings (SSSR count). The molecule has 1 nitrogen and oxygen atoms in total. The van der Waals surface area contributed by atoms with Crippen LogP contribution in [-0.4, -0.2) is 6.54 Å². The zero-order valence-electron chi connectivity index (χ0n) is 10.9. The van der Waals surface area contributed by atoms with Gasteiger partial charge < -0.3 is 5.32 Å². The third kappa shape index (κ3) is 2.15. The van der Waals surface area contributed by atoms with Crippen molar-refractivity contribution in [2.45, 2.75) is 52.5 Å². The van der Waals surface area contributed by atoms with Crippen molar-refractivity contribution in [1.82, 2.24) is 5.32 Å². The first kappa shape index (κ1) is 11.7. The molecule has 0 aliphatic carbocycles. The van der Waals surface area contributed by atoms with Gasteiger partial charge in [0.1, 0.15) is 0 Å². The maximum absolute atomic E-state index is 3.61. The molecule has 1 fully saturated rings. The molecule has 1 atom stereocenters. The van der Waals surface area contributed by atoms with Gasteiger partial charge in [-0.1, -0.05) is 26.0 Å². The van der Waals surface area contributed by atoms with Gasteiger partial charge in [0.15, 0.2) is 0 Å². The Morgan fingerprint density at radius 1 is 1.25 bits per heavy atom. The van der Waals surface area contributed by atoms with Crippen LogP contribution in [0.15, 0.2) is 12.1 Å². The quantitative estimate of drug-likeness (QED) is 0.793. The smallest absolute Gasteiger partial charge is 0.0323 e. The molecule has 1 unspecified atom stereocenters. The van der Waals surface area contributed by atoms with Gasteiger partial charge in [-0.15, -0.1) is 0 Å². The predicted molar refractivity (Wildman–Crippen MR) is 70.0 cm³/mol. The van der Waals surface area contributed by atoms with Crippen molar-refractivity contribution in [1.29, 1.82) is 0 Å². The standard InChI is InChI=1S/C15H23N/c1-10(2)13-8-11(3)12(4)14(9-13)15-6-5-7-16-15/h8-10,15-16H,5-7H2,1-4H3. The van der Waals surface area contributed by atoms with E-state index in [9.17, 15) is 0 Å². The average Bonchev–Trinajstić information content (AvgIpc) is 2.74. The zero-order valence-corrected chi connectivity index (χ0v) is 10.9. The van der Waals surface area contributed by atoms with E-state index in [-0.39, 0.29) is 0 Å². The summed E-state index contributed by atoms with van der Waals surface area (Å²) in [6.07, 6.45) is 2.61. The monoisotopic (exact) mass is 217 g/mol. The molecule has 1 aliphatic heterocycles. The maximum atomic E-state index is 3.61. The molecule has 1 aromatic rings. The van der Waals surface area contributed by atoms with Crippen LogP contribution < -0.4 is 5.32 Å². The summed E-state index contributed by atoms with van der Waals surface area (Å²) in [5, 5.41) is 3.61. The minimum atomic E-state index is 0.595. The lowest BCUT2D eigenvalue weighted by Gasteiger charge is -2.19. The zero-order chi connectivity index (χ0) is 11.7. The van der Waals surface area contributed by atoms with Crippen molar-refractivity contribution in [3.05, 3.63) is 34.4 Å². The summed E-state index contributed by atoms with van der Waals surface area (Å²) in [5.74, 6) is 0.624. The highest BCUT2D eigenvalue weighted by Gasteiger charge is 2.19. The normalized spacial score (nSPS) is 20.7. The first-order valence-electron chi connectivity index (χ1n) is 6.44. The molecule has 1 heteroatoms. The number of nitrogens with one attached hydrogen (secondary N) is 1. The maximum Gasteiger partial charge on any atom is 0.0323 e. The van der Waals surface area contributed by atoms with Crippen LogP contribution in [0.4, 0.5) is 0 Å². The SMILES string of the molecule is Cc1cc(C(C)C)cc(C2CCCN2)c1C. The molecular formula is C15H23N. The molecule has 0 amide bonds. The van der Waals surface area contributed by atoms with Gasteiger partial charge in [0.2, 0.25) is 0 Å². The molecule has 1 saturated heterocycles. The minimum Gasteiger partial charge on any atom is -0.310 e. The van der Waals surface area contributed by atoms with E-state index in [1.807, 2.05) is 0 Å². The largest absolute Gasteiger partial charge is 0.310 e. The average molecular weight is 217 g/mol. The lowest BCUT2D eigenvalue weighted by Crippen LogP contribution is -2.15. The van der Waals surface area contributed by atoms with Crippen LogP contribution in [0.3, 0.4) is 0 Å². The summed E-state index contributed by atoms with van der Waals surface area (Å²) in [5.41, 5.74) is 5.92. The summed E-state index contributed by atoms with van der Waals surface area (Å²) in [7, 11) is 0. The molecule has 88 valence electrons. The van der Waals surface area contributed by atoms with E-state index in [1.165, 1.54) is 41.6 Å². The van der Waals surface area contributed by atoms with Crippen molar-refractivity contribution in [3.63, 3.8) is 0 Å². The van der Waals surface area contributed by atoms with Gasteiger partial charge in [0.25, 0.3) is 0 Å². The van der Waals surface area contributed by atoms with Crippen LogP contribution >= 0.6 is 0 Å². The Hall–Kier alpha value is -0.820. The van der Waals surface area contributed by atoms with Crippen molar-refractivity contribution >= 4 is 0 Å². The molecule has 0 spiro atoms. The Kier molecular flexibility index (Phi) is 3.34. The topological polar surface area (TPSA) is 12.0 Å². The molecule has 1 heterocycles. The summed E-state index contributed by atoms with van der Waals surface area (Å²) in [6.45, 7) is 10.2. The molecule has 16 heavy (non-hydrogen) atoms. The second kappa shape index (κ2) is 4.58. The van der Waals surface area contributed by atoms with Crippen molar-refractivity contribution in [2.24, 2.45) is 0 Å². The minimum absolute atomic E-state index is 0.595. The first-order valence-corrected chi connectivity index (χ1v) is 6.44. The van der Waals surface area contributed by atoms with Gasteiger partial charge in [-0.05, 0) is 61.4 Å². The van der Waals surface area contributed by atoms with E-state index >= 15 is 0 Å². The van der Waals surface area contributed by atoms with Gasteiger partial charge in [-0.3, -0.25) is 0 Å². The van der Waals surface area contributed by atoms with E-state index in [0.717, 1.165) is 0 Å². The Balaban J connectivity index is 2.41. The highest BCUT2D eigenvalue weighted by atomic mass is 14.9.